The van der Waals surface area contributed by atoms with Crippen LogP contribution in [-0.2, 0) is 0 Å². The Labute approximate surface area is 118 Å². The van der Waals surface area contributed by atoms with Gasteiger partial charge in [0.25, 0.3) is 5.91 Å². The Bertz CT molecular complexity index is 431. The van der Waals surface area contributed by atoms with Gasteiger partial charge in [-0.25, -0.2) is 0 Å². The fourth-order valence-corrected chi connectivity index (χ4v) is 2.25. The zero-order valence-corrected chi connectivity index (χ0v) is 13.0. The van der Waals surface area contributed by atoms with Crippen molar-refractivity contribution in [3.8, 4) is 0 Å². The van der Waals surface area contributed by atoms with Crippen molar-refractivity contribution in [1.82, 2.24) is 4.90 Å². The summed E-state index contributed by atoms with van der Waals surface area (Å²) in [5.41, 5.74) is 1.66. The SMILES string of the molecule is C=C(C)CN(C)C(=O)c1cc(I)ccc1Br. The molecule has 0 saturated carbocycles. The Balaban J connectivity index is 2.95. The first-order valence-electron chi connectivity index (χ1n) is 4.76. The van der Waals surface area contributed by atoms with Gasteiger partial charge in [-0.2, -0.15) is 0 Å². The molecule has 1 aromatic rings. The summed E-state index contributed by atoms with van der Waals surface area (Å²) in [7, 11) is 1.78. The Morgan fingerprint density at radius 3 is 2.75 bits per heavy atom. The maximum absolute atomic E-state index is 12.1. The number of likely N-dealkylation sites (N-methyl/N-ethyl adjacent to an activating group) is 1. The number of carbonyl (C=O) groups is 1. The molecular weight excluding hydrogens is 381 g/mol. The van der Waals surface area contributed by atoms with Gasteiger partial charge >= 0.3 is 0 Å². The van der Waals surface area contributed by atoms with E-state index in [4.69, 9.17) is 0 Å². The van der Waals surface area contributed by atoms with E-state index in [1.54, 1.807) is 11.9 Å². The average Bonchev–Trinajstić information content (AvgIpc) is 2.19. The monoisotopic (exact) mass is 393 g/mol. The molecule has 0 aliphatic rings. The molecular formula is C12H13BrINO. The van der Waals surface area contributed by atoms with Gasteiger partial charge in [-0.3, -0.25) is 4.79 Å². The summed E-state index contributed by atoms with van der Waals surface area (Å²) in [5, 5.41) is 0. The Morgan fingerprint density at radius 2 is 2.19 bits per heavy atom. The van der Waals surface area contributed by atoms with Gasteiger partial charge in [0.15, 0.2) is 0 Å². The third-order valence-electron chi connectivity index (χ3n) is 2.01. The minimum atomic E-state index is 0.00777. The van der Waals surface area contributed by atoms with Crippen molar-refractivity contribution in [1.29, 1.82) is 0 Å². The molecule has 0 radical (unpaired) electrons. The van der Waals surface area contributed by atoms with Crippen LogP contribution in [0.5, 0.6) is 0 Å². The van der Waals surface area contributed by atoms with E-state index in [1.807, 2.05) is 25.1 Å². The maximum Gasteiger partial charge on any atom is 0.255 e. The van der Waals surface area contributed by atoms with Crippen molar-refractivity contribution in [2.75, 3.05) is 13.6 Å². The number of amides is 1. The van der Waals surface area contributed by atoms with Crippen LogP contribution >= 0.6 is 38.5 Å². The first kappa shape index (κ1) is 13.7. The van der Waals surface area contributed by atoms with Crippen LogP contribution in [0.1, 0.15) is 17.3 Å². The summed E-state index contributed by atoms with van der Waals surface area (Å²) in [6, 6.07) is 5.73. The fraction of sp³-hybridized carbons (Fsp3) is 0.250. The number of benzene rings is 1. The number of nitrogens with zero attached hydrogens (tertiary/aromatic N) is 1. The number of hydrogen-bond donors (Lipinski definition) is 0. The van der Waals surface area contributed by atoms with Gasteiger partial charge in [0.05, 0.1) is 5.56 Å². The predicted molar refractivity (Wildman–Crippen MR) is 78.6 cm³/mol. The summed E-state index contributed by atoms with van der Waals surface area (Å²) in [6.45, 7) is 6.29. The van der Waals surface area contributed by atoms with Crippen LogP contribution in [0.25, 0.3) is 0 Å². The van der Waals surface area contributed by atoms with E-state index in [1.165, 1.54) is 0 Å². The Morgan fingerprint density at radius 1 is 1.56 bits per heavy atom. The largest absolute Gasteiger partial charge is 0.338 e. The number of hydrogen-bond acceptors (Lipinski definition) is 1. The topological polar surface area (TPSA) is 20.3 Å². The van der Waals surface area contributed by atoms with Gasteiger partial charge in [0.1, 0.15) is 0 Å². The predicted octanol–water partition coefficient (Wildman–Crippen LogP) is 3.70. The van der Waals surface area contributed by atoms with Crippen LogP contribution in [0.4, 0.5) is 0 Å². The van der Waals surface area contributed by atoms with E-state index in [-0.39, 0.29) is 5.91 Å². The first-order valence-corrected chi connectivity index (χ1v) is 6.64. The van der Waals surface area contributed by atoms with Crippen LogP contribution in [0.2, 0.25) is 0 Å². The minimum absolute atomic E-state index is 0.00777. The van der Waals surface area contributed by atoms with Crippen LogP contribution in [-0.4, -0.2) is 24.4 Å². The molecule has 16 heavy (non-hydrogen) atoms. The lowest BCUT2D eigenvalue weighted by atomic mass is 10.2. The van der Waals surface area contributed by atoms with E-state index in [0.29, 0.717) is 12.1 Å². The van der Waals surface area contributed by atoms with Crippen molar-refractivity contribution in [3.63, 3.8) is 0 Å². The highest BCUT2D eigenvalue weighted by Gasteiger charge is 2.14. The Hall–Kier alpha value is -0.360. The van der Waals surface area contributed by atoms with E-state index in [9.17, 15) is 4.79 Å². The molecule has 0 spiro atoms. The molecule has 1 aromatic carbocycles. The molecule has 0 heterocycles. The molecule has 0 aliphatic carbocycles. The number of carbonyl (C=O) groups excluding carboxylic acids is 1. The third kappa shape index (κ3) is 3.59. The lowest BCUT2D eigenvalue weighted by molar-refractivity contribution is 0.0806. The van der Waals surface area contributed by atoms with Gasteiger partial charge in [-0.15, -0.1) is 0 Å². The zero-order valence-electron chi connectivity index (χ0n) is 9.26. The van der Waals surface area contributed by atoms with E-state index in [2.05, 4.69) is 45.1 Å². The average molecular weight is 394 g/mol. The van der Waals surface area contributed by atoms with Crippen LogP contribution in [0, 0.1) is 3.57 Å². The standard InChI is InChI=1S/C12H13BrINO/c1-8(2)7-15(3)12(16)10-6-9(14)4-5-11(10)13/h4-6H,1,7H2,2-3H3. The zero-order chi connectivity index (χ0) is 12.3. The van der Waals surface area contributed by atoms with Crippen LogP contribution in [0.3, 0.4) is 0 Å². The molecule has 0 saturated heterocycles. The molecule has 2 nitrogen and oxygen atoms in total. The normalized spacial score (nSPS) is 10.0. The number of rotatable bonds is 3. The first-order chi connectivity index (χ1) is 7.41. The van der Waals surface area contributed by atoms with Crippen LogP contribution in [0.15, 0.2) is 34.8 Å². The molecule has 0 fully saturated rings. The van der Waals surface area contributed by atoms with Gasteiger partial charge in [0.2, 0.25) is 0 Å². The molecule has 0 aromatic heterocycles. The summed E-state index contributed by atoms with van der Waals surface area (Å²) in [4.78, 5) is 13.8. The van der Waals surface area contributed by atoms with Gasteiger partial charge in [0, 0.05) is 21.6 Å². The summed E-state index contributed by atoms with van der Waals surface area (Å²) < 4.78 is 1.87. The molecule has 0 aliphatic heterocycles. The van der Waals surface area contributed by atoms with Crippen molar-refractivity contribution >= 4 is 44.4 Å². The maximum atomic E-state index is 12.1. The molecule has 4 heteroatoms. The highest BCUT2D eigenvalue weighted by atomic mass is 127. The highest BCUT2D eigenvalue weighted by molar-refractivity contribution is 14.1. The lowest BCUT2D eigenvalue weighted by Crippen LogP contribution is -2.28. The second-order valence-corrected chi connectivity index (χ2v) is 5.84. The Kier molecular flexibility index (Phi) is 4.98. The van der Waals surface area contributed by atoms with Gasteiger partial charge in [-0.1, -0.05) is 12.2 Å². The molecule has 0 unspecified atom stereocenters. The molecule has 0 atom stereocenters. The second kappa shape index (κ2) is 5.82. The van der Waals surface area contributed by atoms with Crippen LogP contribution < -0.4 is 0 Å². The molecule has 0 bridgehead atoms. The summed E-state index contributed by atoms with van der Waals surface area (Å²) in [5.74, 6) is 0.00777. The summed E-state index contributed by atoms with van der Waals surface area (Å²) in [6.07, 6.45) is 0. The second-order valence-electron chi connectivity index (χ2n) is 3.74. The highest BCUT2D eigenvalue weighted by Crippen LogP contribution is 2.21. The van der Waals surface area contributed by atoms with Crippen molar-refractivity contribution < 1.29 is 4.79 Å². The quantitative estimate of drug-likeness (QED) is 0.566. The van der Waals surface area contributed by atoms with Crippen molar-refractivity contribution in [3.05, 3.63) is 44.0 Å². The van der Waals surface area contributed by atoms with E-state index < -0.39 is 0 Å². The van der Waals surface area contributed by atoms with E-state index in [0.717, 1.165) is 13.6 Å². The minimum Gasteiger partial charge on any atom is -0.338 e. The van der Waals surface area contributed by atoms with Gasteiger partial charge in [-0.05, 0) is 63.6 Å². The smallest absolute Gasteiger partial charge is 0.255 e. The lowest BCUT2D eigenvalue weighted by Gasteiger charge is -2.18. The molecule has 1 amide bonds. The van der Waals surface area contributed by atoms with Crippen molar-refractivity contribution in [2.45, 2.75) is 6.92 Å². The fourth-order valence-electron chi connectivity index (χ4n) is 1.34. The third-order valence-corrected chi connectivity index (χ3v) is 3.38. The van der Waals surface area contributed by atoms with Crippen molar-refractivity contribution in [2.24, 2.45) is 0 Å². The number of halogens is 2. The van der Waals surface area contributed by atoms with Gasteiger partial charge < -0.3 is 4.90 Å². The summed E-state index contributed by atoms with van der Waals surface area (Å²) >= 11 is 5.59. The van der Waals surface area contributed by atoms with E-state index >= 15 is 0 Å². The molecule has 1 rings (SSSR count). The molecule has 86 valence electrons. The molecule has 0 N–H and O–H groups in total.